The van der Waals surface area contributed by atoms with Gasteiger partial charge in [-0.2, -0.15) is 0 Å². The largest absolute Gasteiger partial charge is 0.236 e. The van der Waals surface area contributed by atoms with Crippen LogP contribution in [-0.2, 0) is 0 Å². The molecule has 94 valence electrons. The predicted octanol–water partition coefficient (Wildman–Crippen LogP) is 5.35. The van der Waals surface area contributed by atoms with Crippen molar-refractivity contribution in [3.8, 4) is 10.6 Å². The molecule has 0 bridgehead atoms. The molecule has 3 rings (SSSR count). The lowest BCUT2D eigenvalue weighted by Crippen LogP contribution is -1.75. The van der Waals surface area contributed by atoms with E-state index in [4.69, 9.17) is 0 Å². The van der Waals surface area contributed by atoms with Gasteiger partial charge in [-0.3, -0.25) is 0 Å². The van der Waals surface area contributed by atoms with Crippen LogP contribution in [0.4, 0.5) is 0 Å². The van der Waals surface area contributed by atoms with Crippen LogP contribution >= 0.6 is 22.7 Å². The number of thiazole rings is 1. The number of rotatable bonds is 3. The molecule has 3 aromatic rings. The summed E-state index contributed by atoms with van der Waals surface area (Å²) in [7, 11) is 0. The Labute approximate surface area is 120 Å². The molecule has 0 unspecified atom stereocenters. The molecule has 0 saturated heterocycles. The number of hydrogen-bond acceptors (Lipinski definition) is 3. The molecule has 1 aromatic carbocycles. The monoisotopic (exact) mass is 283 g/mol. The first-order valence-electron chi connectivity index (χ1n) is 6.05. The zero-order valence-electron chi connectivity index (χ0n) is 10.5. The highest BCUT2D eigenvalue weighted by molar-refractivity contribution is 7.14. The summed E-state index contributed by atoms with van der Waals surface area (Å²) in [5, 5.41) is 5.24. The molecule has 0 aliphatic rings. The minimum absolute atomic E-state index is 1.05. The first kappa shape index (κ1) is 12.3. The summed E-state index contributed by atoms with van der Waals surface area (Å²) in [6, 6.07) is 12.7. The topological polar surface area (TPSA) is 12.9 Å². The lowest BCUT2D eigenvalue weighted by molar-refractivity contribution is 1.40. The van der Waals surface area contributed by atoms with E-state index in [2.05, 4.69) is 71.2 Å². The molecule has 0 radical (unpaired) electrons. The third kappa shape index (κ3) is 3.00. The van der Waals surface area contributed by atoms with E-state index >= 15 is 0 Å². The molecule has 0 aliphatic carbocycles. The normalized spacial score (nSPS) is 11.2. The summed E-state index contributed by atoms with van der Waals surface area (Å²) in [5.41, 5.74) is 3.56. The molecule has 1 nitrogen and oxygen atoms in total. The maximum Gasteiger partial charge on any atom is 0.116 e. The van der Waals surface area contributed by atoms with E-state index in [1.807, 2.05) is 0 Å². The van der Waals surface area contributed by atoms with Gasteiger partial charge in [0.1, 0.15) is 5.01 Å². The minimum Gasteiger partial charge on any atom is -0.236 e. The smallest absolute Gasteiger partial charge is 0.116 e. The van der Waals surface area contributed by atoms with E-state index < -0.39 is 0 Å². The molecule has 0 aliphatic heterocycles. The van der Waals surface area contributed by atoms with Crippen molar-refractivity contribution in [3.05, 3.63) is 63.3 Å². The average molecular weight is 283 g/mol. The van der Waals surface area contributed by atoms with E-state index in [0.717, 1.165) is 10.7 Å². The van der Waals surface area contributed by atoms with E-state index in [1.54, 1.807) is 22.7 Å². The van der Waals surface area contributed by atoms with Gasteiger partial charge in [-0.15, -0.1) is 22.7 Å². The number of thiophene rings is 1. The number of benzene rings is 1. The summed E-state index contributed by atoms with van der Waals surface area (Å²) in [5.74, 6) is 0. The van der Waals surface area contributed by atoms with E-state index in [1.165, 1.54) is 16.0 Å². The van der Waals surface area contributed by atoms with Crippen LogP contribution in [0.2, 0.25) is 0 Å². The van der Waals surface area contributed by atoms with Gasteiger partial charge < -0.3 is 0 Å². The summed E-state index contributed by atoms with van der Waals surface area (Å²) >= 11 is 3.40. The van der Waals surface area contributed by atoms with Crippen LogP contribution in [0.1, 0.15) is 16.1 Å². The van der Waals surface area contributed by atoms with Gasteiger partial charge in [0.05, 0.1) is 10.6 Å². The summed E-state index contributed by atoms with van der Waals surface area (Å²) in [6.07, 6.45) is 4.18. The van der Waals surface area contributed by atoms with Crippen LogP contribution in [-0.4, -0.2) is 4.98 Å². The third-order valence-corrected chi connectivity index (χ3v) is 4.49. The van der Waals surface area contributed by atoms with Gasteiger partial charge in [-0.05, 0) is 30.0 Å². The molecular formula is C16H13NS2. The molecule has 0 saturated carbocycles. The second-order valence-corrected chi connectivity index (χ2v) is 6.13. The number of aryl methyl sites for hydroxylation is 1. The molecule has 0 N–H and O–H groups in total. The SMILES string of the molecule is Cc1ccc(C=Cc2nc(-c3cccs3)cs2)cc1. The summed E-state index contributed by atoms with van der Waals surface area (Å²) in [6.45, 7) is 2.10. The molecule has 0 amide bonds. The molecule has 3 heteroatoms. The van der Waals surface area contributed by atoms with Crippen molar-refractivity contribution in [2.24, 2.45) is 0 Å². The zero-order valence-corrected chi connectivity index (χ0v) is 12.2. The van der Waals surface area contributed by atoms with Gasteiger partial charge in [0.15, 0.2) is 0 Å². The molecule has 2 heterocycles. The fourth-order valence-corrected chi connectivity index (χ4v) is 3.22. The van der Waals surface area contributed by atoms with E-state index in [-0.39, 0.29) is 0 Å². The van der Waals surface area contributed by atoms with E-state index in [0.29, 0.717) is 0 Å². The molecule has 0 spiro atoms. The van der Waals surface area contributed by atoms with Crippen LogP contribution in [0, 0.1) is 6.92 Å². The van der Waals surface area contributed by atoms with Crippen LogP contribution < -0.4 is 0 Å². The van der Waals surface area contributed by atoms with Gasteiger partial charge in [-0.1, -0.05) is 42.0 Å². The van der Waals surface area contributed by atoms with Crippen LogP contribution in [0.25, 0.3) is 22.7 Å². The second-order valence-electron chi connectivity index (χ2n) is 4.29. The Kier molecular flexibility index (Phi) is 3.58. The first-order chi connectivity index (χ1) is 9.31. The fourth-order valence-electron chi connectivity index (χ4n) is 1.75. The Hall–Kier alpha value is -1.71. The Morgan fingerprint density at radius 2 is 1.84 bits per heavy atom. The van der Waals surface area contributed by atoms with Crippen LogP contribution in [0.3, 0.4) is 0 Å². The van der Waals surface area contributed by atoms with Crippen molar-refractivity contribution in [2.45, 2.75) is 6.92 Å². The lowest BCUT2D eigenvalue weighted by atomic mass is 10.1. The van der Waals surface area contributed by atoms with Crippen molar-refractivity contribution < 1.29 is 0 Å². The Balaban J connectivity index is 1.78. The van der Waals surface area contributed by atoms with Gasteiger partial charge in [0, 0.05) is 5.38 Å². The van der Waals surface area contributed by atoms with Crippen molar-refractivity contribution in [3.63, 3.8) is 0 Å². The highest BCUT2D eigenvalue weighted by atomic mass is 32.1. The van der Waals surface area contributed by atoms with Crippen molar-refractivity contribution in [2.75, 3.05) is 0 Å². The molecular weight excluding hydrogens is 270 g/mol. The fraction of sp³-hybridized carbons (Fsp3) is 0.0625. The molecule has 19 heavy (non-hydrogen) atoms. The van der Waals surface area contributed by atoms with Crippen molar-refractivity contribution in [1.82, 2.24) is 4.98 Å². The van der Waals surface area contributed by atoms with E-state index in [9.17, 15) is 0 Å². The maximum absolute atomic E-state index is 4.63. The summed E-state index contributed by atoms with van der Waals surface area (Å²) < 4.78 is 0. The predicted molar refractivity (Wildman–Crippen MR) is 85.5 cm³/mol. The van der Waals surface area contributed by atoms with Gasteiger partial charge >= 0.3 is 0 Å². The third-order valence-electron chi connectivity index (χ3n) is 2.79. The first-order valence-corrected chi connectivity index (χ1v) is 7.81. The minimum atomic E-state index is 1.05. The number of hydrogen-bond donors (Lipinski definition) is 0. The molecule has 0 atom stereocenters. The Morgan fingerprint density at radius 1 is 1.00 bits per heavy atom. The summed E-state index contributed by atoms with van der Waals surface area (Å²) in [4.78, 5) is 5.86. The Bertz CT molecular complexity index is 676. The number of nitrogens with zero attached hydrogens (tertiary/aromatic N) is 1. The Morgan fingerprint density at radius 3 is 2.58 bits per heavy atom. The van der Waals surface area contributed by atoms with Gasteiger partial charge in [0.2, 0.25) is 0 Å². The molecule has 0 fully saturated rings. The van der Waals surface area contributed by atoms with Crippen LogP contribution in [0.5, 0.6) is 0 Å². The average Bonchev–Trinajstić information content (AvgIpc) is 3.09. The second kappa shape index (κ2) is 5.51. The number of aromatic nitrogens is 1. The van der Waals surface area contributed by atoms with Gasteiger partial charge in [-0.25, -0.2) is 4.98 Å². The van der Waals surface area contributed by atoms with Crippen molar-refractivity contribution in [1.29, 1.82) is 0 Å². The maximum atomic E-state index is 4.63. The van der Waals surface area contributed by atoms with Crippen molar-refractivity contribution >= 4 is 34.8 Å². The quantitative estimate of drug-likeness (QED) is 0.631. The highest BCUT2D eigenvalue weighted by Crippen LogP contribution is 2.26. The standard InChI is InChI=1S/C16H13NS2/c1-12-4-6-13(7-5-12)8-9-16-17-14(11-19-16)15-3-2-10-18-15/h2-11H,1H3. The molecule has 2 aromatic heterocycles. The highest BCUT2D eigenvalue weighted by Gasteiger charge is 2.02. The van der Waals surface area contributed by atoms with Gasteiger partial charge in [0.25, 0.3) is 0 Å². The van der Waals surface area contributed by atoms with Crippen LogP contribution in [0.15, 0.2) is 47.2 Å². The lowest BCUT2D eigenvalue weighted by Gasteiger charge is -1.93. The zero-order chi connectivity index (χ0) is 13.1.